The number of hydrogen-bond acceptors (Lipinski definition) is 7. The molecule has 2 heterocycles. The number of sulfone groups is 1. The number of hydrogen-bond donors (Lipinski definition) is 2. The van der Waals surface area contributed by atoms with Crippen LogP contribution >= 0.6 is 11.3 Å². The van der Waals surface area contributed by atoms with E-state index >= 15 is 0 Å². The van der Waals surface area contributed by atoms with Crippen LogP contribution in [0, 0.1) is 0 Å². The third kappa shape index (κ3) is 3.85. The average Bonchev–Trinajstić information content (AvgIpc) is 3.16. The molecule has 0 aliphatic rings. The van der Waals surface area contributed by atoms with Crippen molar-refractivity contribution in [1.82, 2.24) is 9.97 Å². The summed E-state index contributed by atoms with van der Waals surface area (Å²) in [6.45, 7) is 0. The SMILES string of the molecule is CS(=O)(=O)c1ccc(Cc2nc3cc(Cc4sc(=O)[nH]c4O)ccc3o2)cc1. The number of oxazole rings is 1. The number of thiazole rings is 1. The lowest BCUT2D eigenvalue weighted by Gasteiger charge is -2.00. The molecule has 0 spiro atoms. The largest absolute Gasteiger partial charge is 0.494 e. The maximum atomic E-state index is 11.5. The summed E-state index contributed by atoms with van der Waals surface area (Å²) in [7, 11) is -3.22. The van der Waals surface area contributed by atoms with E-state index in [0.717, 1.165) is 22.5 Å². The Bertz CT molecular complexity index is 1310. The molecule has 0 bridgehead atoms. The highest BCUT2D eigenvalue weighted by Gasteiger charge is 2.12. The van der Waals surface area contributed by atoms with Gasteiger partial charge in [-0.25, -0.2) is 13.4 Å². The molecule has 0 aliphatic carbocycles. The minimum atomic E-state index is -3.22. The van der Waals surface area contributed by atoms with Crippen LogP contribution in [0.1, 0.15) is 21.9 Å². The van der Waals surface area contributed by atoms with Crippen LogP contribution in [0.2, 0.25) is 0 Å². The number of H-pyrrole nitrogens is 1. The van der Waals surface area contributed by atoms with Crippen LogP contribution in [0.5, 0.6) is 5.88 Å². The zero-order chi connectivity index (χ0) is 19.9. The molecule has 7 nitrogen and oxygen atoms in total. The lowest BCUT2D eigenvalue weighted by Crippen LogP contribution is -1.97. The van der Waals surface area contributed by atoms with Gasteiger partial charge in [0.2, 0.25) is 5.88 Å². The molecule has 0 atom stereocenters. The Morgan fingerprint density at radius 3 is 2.46 bits per heavy atom. The minimum absolute atomic E-state index is 0.103. The molecule has 2 aromatic carbocycles. The van der Waals surface area contributed by atoms with E-state index in [2.05, 4.69) is 9.97 Å². The zero-order valence-corrected chi connectivity index (χ0v) is 16.4. The van der Waals surface area contributed by atoms with E-state index < -0.39 is 9.84 Å². The van der Waals surface area contributed by atoms with Gasteiger partial charge >= 0.3 is 4.87 Å². The fourth-order valence-corrected chi connectivity index (χ4v) is 4.28. The molecule has 2 N–H and O–H groups in total. The van der Waals surface area contributed by atoms with E-state index in [1.165, 1.54) is 6.26 Å². The van der Waals surface area contributed by atoms with Crippen LogP contribution in [0.3, 0.4) is 0 Å². The van der Waals surface area contributed by atoms with Crippen molar-refractivity contribution in [3.05, 3.63) is 74.0 Å². The van der Waals surface area contributed by atoms with Gasteiger partial charge in [0.25, 0.3) is 0 Å². The van der Waals surface area contributed by atoms with Crippen molar-refractivity contribution in [2.24, 2.45) is 0 Å². The Morgan fingerprint density at radius 2 is 1.82 bits per heavy atom. The zero-order valence-electron chi connectivity index (χ0n) is 14.8. The van der Waals surface area contributed by atoms with E-state index in [9.17, 15) is 18.3 Å². The minimum Gasteiger partial charge on any atom is -0.494 e. The van der Waals surface area contributed by atoms with Crippen molar-refractivity contribution in [2.45, 2.75) is 17.7 Å². The maximum Gasteiger partial charge on any atom is 0.307 e. The first-order chi connectivity index (χ1) is 13.3. The number of fused-ring (bicyclic) bond motifs is 1. The lowest BCUT2D eigenvalue weighted by molar-refractivity contribution is 0.451. The molecule has 0 unspecified atom stereocenters. The predicted molar refractivity (Wildman–Crippen MR) is 106 cm³/mol. The summed E-state index contributed by atoms with van der Waals surface area (Å²) in [5.74, 6) is 0.418. The smallest absolute Gasteiger partial charge is 0.307 e. The number of nitrogens with one attached hydrogen (secondary N) is 1. The highest BCUT2D eigenvalue weighted by atomic mass is 32.2. The molecule has 2 aromatic heterocycles. The first kappa shape index (κ1) is 18.5. The van der Waals surface area contributed by atoms with E-state index in [4.69, 9.17) is 4.42 Å². The number of aromatic nitrogens is 2. The van der Waals surface area contributed by atoms with Crippen molar-refractivity contribution in [3.8, 4) is 5.88 Å². The Morgan fingerprint density at radius 1 is 1.11 bits per heavy atom. The van der Waals surface area contributed by atoms with Crippen LogP contribution in [0.4, 0.5) is 0 Å². The third-order valence-electron chi connectivity index (χ3n) is 4.27. The van der Waals surface area contributed by atoms with Gasteiger partial charge in [0.05, 0.1) is 9.77 Å². The number of benzene rings is 2. The van der Waals surface area contributed by atoms with Gasteiger partial charge in [-0.1, -0.05) is 29.5 Å². The first-order valence-electron chi connectivity index (χ1n) is 8.36. The summed E-state index contributed by atoms with van der Waals surface area (Å²) >= 11 is 0.977. The molecule has 0 saturated heterocycles. The fraction of sp³-hybridized carbons (Fsp3) is 0.158. The number of aromatic hydroxyl groups is 1. The normalized spacial score (nSPS) is 11.9. The summed E-state index contributed by atoms with van der Waals surface area (Å²) in [5.41, 5.74) is 3.11. The second-order valence-electron chi connectivity index (χ2n) is 6.47. The molecule has 0 fully saturated rings. The Kier molecular flexibility index (Phi) is 4.56. The highest BCUT2D eigenvalue weighted by Crippen LogP contribution is 2.24. The van der Waals surface area contributed by atoms with Crippen LogP contribution in [-0.2, 0) is 22.7 Å². The van der Waals surface area contributed by atoms with Crippen LogP contribution < -0.4 is 4.87 Å². The number of rotatable bonds is 5. The molecule has 144 valence electrons. The van der Waals surface area contributed by atoms with E-state index in [0.29, 0.717) is 34.7 Å². The first-order valence-corrected chi connectivity index (χ1v) is 11.1. The van der Waals surface area contributed by atoms with E-state index in [1.807, 2.05) is 12.1 Å². The van der Waals surface area contributed by atoms with Crippen molar-refractivity contribution in [3.63, 3.8) is 0 Å². The summed E-state index contributed by atoms with van der Waals surface area (Å²) in [6.07, 6.45) is 2.03. The maximum absolute atomic E-state index is 11.5. The molecule has 0 amide bonds. The molecule has 9 heteroatoms. The summed E-state index contributed by atoms with van der Waals surface area (Å²) in [4.78, 5) is 18.7. The van der Waals surface area contributed by atoms with Crippen molar-refractivity contribution >= 4 is 32.3 Å². The van der Waals surface area contributed by atoms with Gasteiger partial charge in [-0.15, -0.1) is 0 Å². The predicted octanol–water partition coefficient (Wildman–Crippen LogP) is 2.87. The third-order valence-corrected chi connectivity index (χ3v) is 6.27. The Labute approximate surface area is 164 Å². The van der Waals surface area contributed by atoms with E-state index in [1.54, 1.807) is 30.3 Å². The van der Waals surface area contributed by atoms with Gasteiger partial charge in [0.15, 0.2) is 21.3 Å². The fourth-order valence-electron chi connectivity index (χ4n) is 2.89. The van der Waals surface area contributed by atoms with Gasteiger partial charge < -0.3 is 9.52 Å². The molecule has 0 aliphatic heterocycles. The molecule has 4 rings (SSSR count). The van der Waals surface area contributed by atoms with E-state index in [-0.39, 0.29) is 15.6 Å². The highest BCUT2D eigenvalue weighted by molar-refractivity contribution is 7.90. The standard InChI is InChI=1S/C19H16N2O5S2/c1-28(24,25)13-5-2-11(3-6-13)10-17-20-14-8-12(4-7-15(14)26-17)9-16-18(22)21-19(23)27-16/h2-8,22H,9-10H2,1H3,(H,21,23). The van der Waals surface area contributed by atoms with Crippen LogP contribution in [-0.4, -0.2) is 29.7 Å². The number of nitrogens with zero attached hydrogens (tertiary/aromatic N) is 1. The van der Waals surface area contributed by atoms with Gasteiger partial charge in [0, 0.05) is 19.1 Å². The summed E-state index contributed by atoms with van der Waals surface area (Å²) in [5, 5.41) is 9.73. The van der Waals surface area contributed by atoms with Crippen molar-refractivity contribution in [2.75, 3.05) is 6.26 Å². The molecule has 4 aromatic rings. The second kappa shape index (κ2) is 6.92. The Hall–Kier alpha value is -2.91. The van der Waals surface area contributed by atoms with Crippen molar-refractivity contribution in [1.29, 1.82) is 0 Å². The lowest BCUT2D eigenvalue weighted by atomic mass is 10.1. The summed E-state index contributed by atoms with van der Waals surface area (Å²) < 4.78 is 28.9. The van der Waals surface area contributed by atoms with Gasteiger partial charge in [-0.05, 0) is 35.4 Å². The average molecular weight is 416 g/mol. The Balaban J connectivity index is 1.56. The monoisotopic (exact) mass is 416 g/mol. The number of aromatic amines is 1. The van der Waals surface area contributed by atoms with Crippen LogP contribution in [0.25, 0.3) is 11.1 Å². The van der Waals surface area contributed by atoms with Crippen LogP contribution in [0.15, 0.2) is 56.6 Å². The second-order valence-corrected chi connectivity index (χ2v) is 9.55. The summed E-state index contributed by atoms with van der Waals surface area (Å²) in [6, 6.07) is 12.2. The molecular weight excluding hydrogens is 400 g/mol. The van der Waals surface area contributed by atoms with Gasteiger partial charge in [-0.2, -0.15) is 0 Å². The topological polar surface area (TPSA) is 113 Å². The quantitative estimate of drug-likeness (QED) is 0.517. The van der Waals surface area contributed by atoms with Gasteiger partial charge in [-0.3, -0.25) is 9.78 Å². The molecule has 28 heavy (non-hydrogen) atoms. The molecular formula is C19H16N2O5S2. The van der Waals surface area contributed by atoms with Gasteiger partial charge in [0.1, 0.15) is 5.52 Å². The molecule has 0 radical (unpaired) electrons. The molecule has 0 saturated carbocycles. The van der Waals surface area contributed by atoms with Crippen molar-refractivity contribution < 1.29 is 17.9 Å².